The van der Waals surface area contributed by atoms with Crippen LogP contribution in [0.15, 0.2) is 24.3 Å². The van der Waals surface area contributed by atoms with Crippen molar-refractivity contribution in [2.24, 2.45) is 11.7 Å². The highest BCUT2D eigenvalue weighted by Crippen LogP contribution is 2.33. The molecule has 0 bridgehead atoms. The number of likely N-dealkylation sites (tertiary alicyclic amines) is 1. The van der Waals surface area contributed by atoms with Crippen molar-refractivity contribution in [2.75, 3.05) is 6.54 Å². The van der Waals surface area contributed by atoms with E-state index < -0.39 is 0 Å². The summed E-state index contributed by atoms with van der Waals surface area (Å²) in [6.45, 7) is 4.69. The van der Waals surface area contributed by atoms with Gasteiger partial charge in [-0.05, 0) is 12.0 Å². The molecule has 1 aromatic carbocycles. The molecule has 4 heteroatoms. The molecule has 1 aromatic rings. The summed E-state index contributed by atoms with van der Waals surface area (Å²) in [5.41, 5.74) is 6.53. The lowest BCUT2D eigenvalue weighted by atomic mass is 9.99. The Morgan fingerprint density at radius 3 is 2.72 bits per heavy atom. The molecule has 0 aromatic heterocycles. The molecule has 1 aliphatic heterocycles. The normalized spacial score (nSPS) is 24.1. The topological polar surface area (TPSA) is 46.3 Å². The van der Waals surface area contributed by atoms with Crippen LogP contribution in [0.1, 0.15) is 31.9 Å². The van der Waals surface area contributed by atoms with Crippen molar-refractivity contribution in [2.45, 2.75) is 32.4 Å². The number of amides is 1. The molecular weight excluding hydrogens is 231 g/mol. The third-order valence-corrected chi connectivity index (χ3v) is 3.26. The number of hydrogen-bond acceptors (Lipinski definition) is 2. The lowest BCUT2D eigenvalue weighted by molar-refractivity contribution is -0.129. The lowest BCUT2D eigenvalue weighted by Gasteiger charge is -2.29. The molecule has 0 aliphatic carbocycles. The first kappa shape index (κ1) is 13.0. The summed E-state index contributed by atoms with van der Waals surface area (Å²) in [6.07, 6.45) is 0.297. The molecule has 3 nitrogen and oxygen atoms in total. The summed E-state index contributed by atoms with van der Waals surface area (Å²) in [5.74, 6) is 0.0689. The fourth-order valence-corrected chi connectivity index (χ4v) is 2.54. The van der Waals surface area contributed by atoms with Crippen molar-refractivity contribution in [1.29, 1.82) is 0 Å². The van der Waals surface area contributed by atoms with Crippen LogP contribution in [-0.4, -0.2) is 23.4 Å². The van der Waals surface area contributed by atoms with Gasteiger partial charge in [-0.3, -0.25) is 4.79 Å². The van der Waals surface area contributed by atoms with Crippen molar-refractivity contribution < 1.29 is 9.18 Å². The number of halogens is 1. The van der Waals surface area contributed by atoms with Crippen LogP contribution in [0.3, 0.4) is 0 Å². The Morgan fingerprint density at radius 2 is 2.11 bits per heavy atom. The van der Waals surface area contributed by atoms with Crippen molar-refractivity contribution in [1.82, 2.24) is 4.90 Å². The van der Waals surface area contributed by atoms with E-state index in [9.17, 15) is 9.18 Å². The second-order valence-corrected chi connectivity index (χ2v) is 5.27. The van der Waals surface area contributed by atoms with Crippen LogP contribution in [0.4, 0.5) is 4.39 Å². The number of nitrogens with zero attached hydrogens (tertiary/aromatic N) is 1. The average Bonchev–Trinajstić information content (AvgIpc) is 2.55. The van der Waals surface area contributed by atoms with E-state index >= 15 is 0 Å². The van der Waals surface area contributed by atoms with Gasteiger partial charge in [0, 0.05) is 24.6 Å². The van der Waals surface area contributed by atoms with Gasteiger partial charge in [-0.25, -0.2) is 4.39 Å². The maximum atomic E-state index is 13.9. The highest BCUT2D eigenvalue weighted by atomic mass is 19.1. The first-order valence-corrected chi connectivity index (χ1v) is 6.30. The molecule has 2 N–H and O–H groups in total. The quantitative estimate of drug-likeness (QED) is 0.892. The summed E-state index contributed by atoms with van der Waals surface area (Å²) in [5, 5.41) is 0. The van der Waals surface area contributed by atoms with Crippen LogP contribution < -0.4 is 5.73 Å². The van der Waals surface area contributed by atoms with E-state index in [2.05, 4.69) is 0 Å². The fourth-order valence-electron chi connectivity index (χ4n) is 2.54. The minimum atomic E-state index is -0.332. The van der Waals surface area contributed by atoms with Gasteiger partial charge in [0.25, 0.3) is 0 Å². The average molecular weight is 250 g/mol. The predicted molar refractivity (Wildman–Crippen MR) is 68.3 cm³/mol. The van der Waals surface area contributed by atoms with E-state index in [1.54, 1.807) is 23.1 Å². The second-order valence-electron chi connectivity index (χ2n) is 5.27. The molecule has 98 valence electrons. The van der Waals surface area contributed by atoms with Gasteiger partial charge in [0.2, 0.25) is 5.91 Å². The molecule has 0 spiro atoms. The Bertz CT molecular complexity index is 447. The third kappa shape index (κ3) is 2.38. The standard InChI is InChI=1S/C14H19FN2O/c1-9(2)8-17-13(18)7-12(16)14(17)10-5-3-4-6-11(10)15/h3-6,9,12,14H,7-8,16H2,1-2H3. The van der Waals surface area contributed by atoms with E-state index in [4.69, 9.17) is 5.73 Å². The third-order valence-electron chi connectivity index (χ3n) is 3.26. The van der Waals surface area contributed by atoms with Crippen molar-refractivity contribution >= 4 is 5.91 Å². The van der Waals surface area contributed by atoms with Crippen molar-refractivity contribution in [3.63, 3.8) is 0 Å². The molecule has 1 fully saturated rings. The minimum absolute atomic E-state index is 0.0180. The van der Waals surface area contributed by atoms with Crippen LogP contribution in [0.5, 0.6) is 0 Å². The van der Waals surface area contributed by atoms with Crippen LogP contribution in [0.2, 0.25) is 0 Å². The summed E-state index contributed by atoms with van der Waals surface area (Å²) in [7, 11) is 0. The molecule has 1 saturated heterocycles. The Hall–Kier alpha value is -1.42. The molecule has 1 heterocycles. The number of hydrogen-bond donors (Lipinski definition) is 1. The minimum Gasteiger partial charge on any atom is -0.334 e. The van der Waals surface area contributed by atoms with Gasteiger partial charge in [-0.2, -0.15) is 0 Å². The fraction of sp³-hybridized carbons (Fsp3) is 0.500. The van der Waals surface area contributed by atoms with E-state index in [1.165, 1.54) is 6.07 Å². The van der Waals surface area contributed by atoms with Gasteiger partial charge in [0.15, 0.2) is 0 Å². The Morgan fingerprint density at radius 1 is 1.44 bits per heavy atom. The molecule has 18 heavy (non-hydrogen) atoms. The van der Waals surface area contributed by atoms with Crippen LogP contribution >= 0.6 is 0 Å². The Labute approximate surface area is 107 Å². The maximum Gasteiger partial charge on any atom is 0.224 e. The molecule has 0 radical (unpaired) electrons. The van der Waals surface area contributed by atoms with E-state index in [1.807, 2.05) is 13.8 Å². The summed E-state index contributed by atoms with van der Waals surface area (Å²) in [6, 6.07) is 5.90. The first-order chi connectivity index (χ1) is 8.50. The zero-order chi connectivity index (χ0) is 13.3. The zero-order valence-electron chi connectivity index (χ0n) is 10.8. The van der Waals surface area contributed by atoms with Gasteiger partial charge >= 0.3 is 0 Å². The maximum absolute atomic E-state index is 13.9. The molecule has 2 rings (SSSR count). The van der Waals surface area contributed by atoms with Crippen molar-refractivity contribution in [3.8, 4) is 0 Å². The van der Waals surface area contributed by atoms with Gasteiger partial charge in [0.1, 0.15) is 5.82 Å². The van der Waals surface area contributed by atoms with Crippen molar-refractivity contribution in [3.05, 3.63) is 35.6 Å². The number of carbonyl (C=O) groups is 1. The number of nitrogens with two attached hydrogens (primary N) is 1. The van der Waals surface area contributed by atoms with Crippen LogP contribution in [-0.2, 0) is 4.79 Å². The summed E-state index contributed by atoms with van der Waals surface area (Å²) >= 11 is 0. The molecule has 2 unspecified atom stereocenters. The zero-order valence-corrected chi connectivity index (χ0v) is 10.8. The largest absolute Gasteiger partial charge is 0.334 e. The number of rotatable bonds is 3. The van der Waals surface area contributed by atoms with E-state index in [-0.39, 0.29) is 23.8 Å². The van der Waals surface area contributed by atoms with E-state index in [0.29, 0.717) is 24.4 Å². The Kier molecular flexibility index (Phi) is 3.66. The highest BCUT2D eigenvalue weighted by Gasteiger charge is 2.39. The highest BCUT2D eigenvalue weighted by molar-refractivity contribution is 5.80. The second kappa shape index (κ2) is 5.06. The van der Waals surface area contributed by atoms with Gasteiger partial charge in [-0.1, -0.05) is 32.0 Å². The number of benzene rings is 1. The van der Waals surface area contributed by atoms with Gasteiger partial charge < -0.3 is 10.6 Å². The smallest absolute Gasteiger partial charge is 0.224 e. The van der Waals surface area contributed by atoms with Crippen LogP contribution in [0, 0.1) is 11.7 Å². The van der Waals surface area contributed by atoms with Crippen LogP contribution in [0.25, 0.3) is 0 Å². The van der Waals surface area contributed by atoms with Gasteiger partial charge in [0.05, 0.1) is 6.04 Å². The molecule has 2 atom stereocenters. The summed E-state index contributed by atoms with van der Waals surface area (Å²) in [4.78, 5) is 13.7. The summed E-state index contributed by atoms with van der Waals surface area (Å²) < 4.78 is 13.9. The monoisotopic (exact) mass is 250 g/mol. The number of carbonyl (C=O) groups excluding carboxylic acids is 1. The SMILES string of the molecule is CC(C)CN1C(=O)CC(N)C1c1ccccc1F. The van der Waals surface area contributed by atoms with E-state index in [0.717, 1.165) is 0 Å². The Balaban J connectivity index is 2.34. The molecule has 1 amide bonds. The molecule has 1 aliphatic rings. The predicted octanol–water partition coefficient (Wildman–Crippen LogP) is 2.08. The molecule has 0 saturated carbocycles. The lowest BCUT2D eigenvalue weighted by Crippen LogP contribution is -2.35. The molecular formula is C14H19FN2O. The van der Waals surface area contributed by atoms with Gasteiger partial charge in [-0.15, -0.1) is 0 Å². The first-order valence-electron chi connectivity index (χ1n) is 6.30.